The largest absolute Gasteiger partial charge is 0.322 e. The Bertz CT molecular complexity index is 1110. The average Bonchev–Trinajstić information content (AvgIpc) is 2.98. The highest BCUT2D eigenvalue weighted by atomic mass is 32.1. The lowest BCUT2D eigenvalue weighted by atomic mass is 9.89. The lowest BCUT2D eigenvalue weighted by molar-refractivity contribution is -0.116. The number of aryl methyl sites for hydroxylation is 1. The van der Waals surface area contributed by atoms with Crippen molar-refractivity contribution in [3.63, 3.8) is 0 Å². The van der Waals surface area contributed by atoms with Gasteiger partial charge in [-0.3, -0.25) is 14.2 Å². The van der Waals surface area contributed by atoms with Gasteiger partial charge in [0, 0.05) is 10.9 Å². The Kier molecular flexibility index (Phi) is 4.51. The first kappa shape index (κ1) is 17.8. The summed E-state index contributed by atoms with van der Waals surface area (Å²) in [6, 6.07) is 2.80. The number of nitrogens with one attached hydrogen (secondary N) is 1. The van der Waals surface area contributed by atoms with E-state index in [9.17, 15) is 18.4 Å². The Morgan fingerprint density at radius 1 is 1.41 bits per heavy atom. The van der Waals surface area contributed by atoms with Crippen LogP contribution in [0.5, 0.6) is 0 Å². The van der Waals surface area contributed by atoms with Crippen LogP contribution in [-0.4, -0.2) is 15.5 Å². The van der Waals surface area contributed by atoms with Crippen LogP contribution < -0.4 is 10.9 Å². The zero-order chi connectivity index (χ0) is 19.1. The van der Waals surface area contributed by atoms with Crippen molar-refractivity contribution in [3.05, 3.63) is 57.0 Å². The van der Waals surface area contributed by atoms with Crippen LogP contribution in [-0.2, 0) is 24.2 Å². The third-order valence-corrected chi connectivity index (χ3v) is 5.96. The Morgan fingerprint density at radius 3 is 3.04 bits per heavy atom. The van der Waals surface area contributed by atoms with Crippen LogP contribution in [0.3, 0.4) is 0 Å². The lowest BCUT2D eigenvalue weighted by Crippen LogP contribution is -2.28. The molecule has 0 bridgehead atoms. The van der Waals surface area contributed by atoms with Gasteiger partial charge in [0.15, 0.2) is 0 Å². The van der Waals surface area contributed by atoms with E-state index in [0.717, 1.165) is 43.0 Å². The van der Waals surface area contributed by atoms with Crippen LogP contribution >= 0.6 is 11.3 Å². The van der Waals surface area contributed by atoms with Gasteiger partial charge in [0.05, 0.1) is 17.4 Å². The Morgan fingerprint density at radius 2 is 2.22 bits per heavy atom. The van der Waals surface area contributed by atoms with Gasteiger partial charge in [-0.2, -0.15) is 0 Å². The SMILES string of the molecule is C[C@@H]1CCc2c(sc3ncn(CC(=O)Nc4cc(F)ccc4F)c(=O)c23)C1. The van der Waals surface area contributed by atoms with Gasteiger partial charge in [0.2, 0.25) is 5.91 Å². The van der Waals surface area contributed by atoms with Crippen molar-refractivity contribution in [2.75, 3.05) is 5.32 Å². The van der Waals surface area contributed by atoms with Gasteiger partial charge < -0.3 is 5.32 Å². The highest BCUT2D eigenvalue weighted by Crippen LogP contribution is 2.35. The first-order chi connectivity index (χ1) is 12.9. The second kappa shape index (κ2) is 6.84. The van der Waals surface area contributed by atoms with Crippen molar-refractivity contribution in [2.24, 2.45) is 5.92 Å². The number of thiophene rings is 1. The molecule has 27 heavy (non-hydrogen) atoms. The lowest BCUT2D eigenvalue weighted by Gasteiger charge is -2.17. The fourth-order valence-electron chi connectivity index (χ4n) is 3.42. The predicted molar refractivity (Wildman–Crippen MR) is 100 cm³/mol. The molecule has 0 saturated carbocycles. The summed E-state index contributed by atoms with van der Waals surface area (Å²) in [7, 11) is 0. The van der Waals surface area contributed by atoms with Gasteiger partial charge in [-0.25, -0.2) is 13.8 Å². The first-order valence-electron chi connectivity index (χ1n) is 8.67. The maximum Gasteiger partial charge on any atom is 0.262 e. The molecule has 1 amide bonds. The molecule has 1 aromatic carbocycles. The van der Waals surface area contributed by atoms with E-state index in [2.05, 4.69) is 17.2 Å². The summed E-state index contributed by atoms with van der Waals surface area (Å²) in [5.74, 6) is -1.45. The molecule has 3 aromatic rings. The number of hydrogen-bond acceptors (Lipinski definition) is 4. The van der Waals surface area contributed by atoms with Crippen molar-refractivity contribution in [3.8, 4) is 0 Å². The molecule has 2 aromatic heterocycles. The molecule has 1 N–H and O–H groups in total. The molecule has 8 heteroatoms. The number of hydrogen-bond donors (Lipinski definition) is 1. The molecule has 140 valence electrons. The van der Waals surface area contributed by atoms with Crippen molar-refractivity contribution in [1.82, 2.24) is 9.55 Å². The summed E-state index contributed by atoms with van der Waals surface area (Å²) in [4.78, 5) is 31.3. The van der Waals surface area contributed by atoms with Crippen LogP contribution in [0.1, 0.15) is 23.8 Å². The fourth-order valence-corrected chi connectivity index (χ4v) is 4.76. The van der Waals surface area contributed by atoms with Crippen molar-refractivity contribution < 1.29 is 13.6 Å². The van der Waals surface area contributed by atoms with E-state index >= 15 is 0 Å². The number of benzene rings is 1. The third-order valence-electron chi connectivity index (χ3n) is 4.80. The summed E-state index contributed by atoms with van der Waals surface area (Å²) in [6.45, 7) is 1.87. The number of amides is 1. The van der Waals surface area contributed by atoms with E-state index in [1.165, 1.54) is 27.1 Å². The molecule has 1 aliphatic rings. The fraction of sp³-hybridized carbons (Fsp3) is 0.316. The van der Waals surface area contributed by atoms with E-state index in [1.807, 2.05) is 0 Å². The number of aromatic nitrogens is 2. The summed E-state index contributed by atoms with van der Waals surface area (Å²) < 4.78 is 28.1. The zero-order valence-corrected chi connectivity index (χ0v) is 15.4. The number of rotatable bonds is 3. The van der Waals surface area contributed by atoms with E-state index in [4.69, 9.17) is 0 Å². The van der Waals surface area contributed by atoms with Crippen LogP contribution in [0.2, 0.25) is 0 Å². The molecule has 0 aliphatic heterocycles. The van der Waals surface area contributed by atoms with Gasteiger partial charge in [0.25, 0.3) is 5.56 Å². The number of carbonyl (C=O) groups is 1. The van der Waals surface area contributed by atoms with E-state index in [0.29, 0.717) is 16.1 Å². The monoisotopic (exact) mass is 389 g/mol. The average molecular weight is 389 g/mol. The summed E-state index contributed by atoms with van der Waals surface area (Å²) in [6.07, 6.45) is 4.12. The molecular weight excluding hydrogens is 372 g/mol. The minimum Gasteiger partial charge on any atom is -0.322 e. The number of nitrogens with zero attached hydrogens (tertiary/aromatic N) is 2. The van der Waals surface area contributed by atoms with Crippen molar-refractivity contribution in [1.29, 1.82) is 0 Å². The Balaban J connectivity index is 1.62. The quantitative estimate of drug-likeness (QED) is 0.746. The van der Waals surface area contributed by atoms with Gasteiger partial charge in [0.1, 0.15) is 23.0 Å². The molecule has 0 radical (unpaired) electrons. The summed E-state index contributed by atoms with van der Waals surface area (Å²) >= 11 is 1.54. The maximum absolute atomic E-state index is 13.7. The van der Waals surface area contributed by atoms with Crippen LogP contribution in [0.15, 0.2) is 29.3 Å². The topological polar surface area (TPSA) is 64.0 Å². The molecule has 0 spiro atoms. The second-order valence-electron chi connectivity index (χ2n) is 6.88. The standard InChI is InChI=1S/C19H17F2N3O2S/c1-10-2-4-12-15(6-10)27-18-17(12)19(26)24(9-22-18)8-16(25)23-14-7-11(20)3-5-13(14)21/h3,5,7,9-10H,2,4,6,8H2,1H3,(H,23,25)/t10-/m1/s1. The van der Waals surface area contributed by atoms with Crippen LogP contribution in [0.4, 0.5) is 14.5 Å². The third kappa shape index (κ3) is 3.37. The molecular formula is C19H17F2N3O2S. The Labute approximate surface area is 157 Å². The molecule has 2 heterocycles. The first-order valence-corrected chi connectivity index (χ1v) is 9.48. The van der Waals surface area contributed by atoms with E-state index in [1.54, 1.807) is 0 Å². The number of fused-ring (bicyclic) bond motifs is 3. The van der Waals surface area contributed by atoms with E-state index < -0.39 is 17.5 Å². The van der Waals surface area contributed by atoms with Crippen molar-refractivity contribution in [2.45, 2.75) is 32.7 Å². The van der Waals surface area contributed by atoms with Crippen molar-refractivity contribution >= 4 is 33.1 Å². The van der Waals surface area contributed by atoms with Gasteiger partial charge in [-0.1, -0.05) is 6.92 Å². The van der Waals surface area contributed by atoms with Gasteiger partial charge >= 0.3 is 0 Å². The van der Waals surface area contributed by atoms with E-state index in [-0.39, 0.29) is 17.8 Å². The molecule has 1 aliphatic carbocycles. The highest BCUT2D eigenvalue weighted by Gasteiger charge is 2.23. The zero-order valence-electron chi connectivity index (χ0n) is 14.6. The minimum absolute atomic E-state index is 0.260. The van der Waals surface area contributed by atoms with Crippen LogP contribution in [0.25, 0.3) is 10.2 Å². The van der Waals surface area contributed by atoms with Gasteiger partial charge in [-0.05, 0) is 42.9 Å². The second-order valence-corrected chi connectivity index (χ2v) is 7.97. The molecule has 1 atom stereocenters. The molecule has 4 rings (SSSR count). The summed E-state index contributed by atoms with van der Waals surface area (Å²) in [5.41, 5.74) is 0.502. The predicted octanol–water partition coefficient (Wildman–Crippen LogP) is 3.50. The molecule has 0 unspecified atom stereocenters. The number of halogens is 2. The Hall–Kier alpha value is -2.61. The van der Waals surface area contributed by atoms with Crippen LogP contribution in [0, 0.1) is 17.6 Å². The minimum atomic E-state index is -0.744. The molecule has 0 saturated heterocycles. The highest BCUT2D eigenvalue weighted by molar-refractivity contribution is 7.18. The number of anilines is 1. The smallest absolute Gasteiger partial charge is 0.262 e. The normalized spacial score (nSPS) is 16.3. The van der Waals surface area contributed by atoms with Gasteiger partial charge in [-0.15, -0.1) is 11.3 Å². The maximum atomic E-state index is 13.7. The number of carbonyl (C=O) groups excluding carboxylic acids is 1. The summed E-state index contributed by atoms with van der Waals surface area (Å²) in [5, 5.41) is 2.88. The molecule has 5 nitrogen and oxygen atoms in total. The molecule has 0 fully saturated rings.